The zero-order valence-corrected chi connectivity index (χ0v) is 10.6. The maximum absolute atomic E-state index is 6.07. The van der Waals surface area contributed by atoms with Gasteiger partial charge < -0.3 is 15.0 Å². The molecule has 0 spiro atoms. The monoisotopic (exact) mass is 225 g/mol. The molecule has 0 atom stereocenters. The van der Waals surface area contributed by atoms with Crippen LogP contribution in [-0.4, -0.2) is 23.3 Å². The number of imidazole rings is 1. The van der Waals surface area contributed by atoms with E-state index in [1.165, 1.54) is 6.42 Å². The number of nitrogens with two attached hydrogens (primary N) is 1. The molecule has 2 N–H and O–H groups in total. The van der Waals surface area contributed by atoms with Gasteiger partial charge in [-0.05, 0) is 33.1 Å². The Morgan fingerprint density at radius 3 is 2.75 bits per heavy atom. The summed E-state index contributed by atoms with van der Waals surface area (Å²) in [4.78, 5) is 4.16. The number of aromatic nitrogens is 2. The van der Waals surface area contributed by atoms with Crippen LogP contribution in [0.2, 0.25) is 0 Å². The third kappa shape index (κ3) is 3.94. The van der Waals surface area contributed by atoms with Crippen LogP contribution >= 0.6 is 0 Å². The Morgan fingerprint density at radius 2 is 2.12 bits per heavy atom. The summed E-state index contributed by atoms with van der Waals surface area (Å²) in [6.45, 7) is 5.84. The molecule has 0 radical (unpaired) electrons. The average Bonchev–Trinajstić information content (AvgIpc) is 2.65. The van der Waals surface area contributed by atoms with E-state index in [-0.39, 0.29) is 5.54 Å². The Kier molecular flexibility index (Phi) is 4.96. The molecule has 0 aromatic carbocycles. The highest BCUT2D eigenvalue weighted by atomic mass is 16.5. The summed E-state index contributed by atoms with van der Waals surface area (Å²) in [6.07, 6.45) is 7.15. The largest absolute Gasteiger partial charge is 0.385 e. The predicted octanol–water partition coefficient (Wildman–Crippen LogP) is 1.89. The summed E-state index contributed by atoms with van der Waals surface area (Å²) in [7, 11) is 1.74. The molecule has 0 fully saturated rings. The van der Waals surface area contributed by atoms with Gasteiger partial charge >= 0.3 is 0 Å². The SMILES string of the molecule is COCCCCCn1cncc1C(C)(C)N. The lowest BCUT2D eigenvalue weighted by Crippen LogP contribution is -2.31. The summed E-state index contributed by atoms with van der Waals surface area (Å²) in [6, 6.07) is 0. The van der Waals surface area contributed by atoms with Crippen molar-refractivity contribution in [3.8, 4) is 0 Å². The van der Waals surface area contributed by atoms with Gasteiger partial charge in [0.2, 0.25) is 0 Å². The van der Waals surface area contributed by atoms with E-state index in [0.717, 1.165) is 31.7 Å². The first-order valence-corrected chi connectivity index (χ1v) is 5.84. The Balaban J connectivity index is 2.40. The Morgan fingerprint density at radius 1 is 1.38 bits per heavy atom. The number of aryl methyl sites for hydroxylation is 1. The molecule has 1 rings (SSSR count). The summed E-state index contributed by atoms with van der Waals surface area (Å²) in [5.74, 6) is 0. The van der Waals surface area contributed by atoms with Crippen LogP contribution in [0.3, 0.4) is 0 Å². The molecule has 1 aromatic heterocycles. The molecule has 0 aliphatic rings. The molecule has 0 bridgehead atoms. The van der Waals surface area contributed by atoms with Crippen LogP contribution in [0.15, 0.2) is 12.5 Å². The molecular weight excluding hydrogens is 202 g/mol. The van der Waals surface area contributed by atoms with Gasteiger partial charge in [-0.3, -0.25) is 0 Å². The second kappa shape index (κ2) is 6.01. The molecule has 0 unspecified atom stereocenters. The van der Waals surface area contributed by atoms with Gasteiger partial charge in [-0.1, -0.05) is 0 Å². The van der Waals surface area contributed by atoms with E-state index in [9.17, 15) is 0 Å². The van der Waals surface area contributed by atoms with Crippen molar-refractivity contribution in [2.75, 3.05) is 13.7 Å². The maximum atomic E-state index is 6.07. The van der Waals surface area contributed by atoms with Crippen molar-refractivity contribution in [1.29, 1.82) is 0 Å². The number of nitrogens with zero attached hydrogens (tertiary/aromatic N) is 2. The fourth-order valence-corrected chi connectivity index (χ4v) is 1.74. The normalized spacial score (nSPS) is 12.0. The number of unbranched alkanes of at least 4 members (excludes halogenated alkanes) is 2. The van der Waals surface area contributed by atoms with Crippen LogP contribution in [0.5, 0.6) is 0 Å². The van der Waals surface area contributed by atoms with E-state index in [1.807, 2.05) is 26.4 Å². The molecule has 0 aliphatic heterocycles. The number of hydrogen-bond donors (Lipinski definition) is 1. The lowest BCUT2D eigenvalue weighted by Gasteiger charge is -2.20. The summed E-state index contributed by atoms with van der Waals surface area (Å²) in [5.41, 5.74) is 6.85. The van der Waals surface area contributed by atoms with Gasteiger partial charge in [0.25, 0.3) is 0 Å². The zero-order chi connectivity index (χ0) is 12.0. The van der Waals surface area contributed by atoms with E-state index in [2.05, 4.69) is 9.55 Å². The van der Waals surface area contributed by atoms with E-state index < -0.39 is 0 Å². The van der Waals surface area contributed by atoms with E-state index >= 15 is 0 Å². The van der Waals surface area contributed by atoms with Crippen molar-refractivity contribution in [1.82, 2.24) is 9.55 Å². The van der Waals surface area contributed by atoms with Crippen LogP contribution in [0.4, 0.5) is 0 Å². The number of rotatable bonds is 7. The van der Waals surface area contributed by atoms with Crippen molar-refractivity contribution in [2.24, 2.45) is 5.73 Å². The molecular formula is C12H23N3O. The Labute approximate surface area is 97.8 Å². The molecule has 4 heteroatoms. The smallest absolute Gasteiger partial charge is 0.0948 e. The highest BCUT2D eigenvalue weighted by Gasteiger charge is 2.18. The third-order valence-electron chi connectivity index (χ3n) is 2.62. The van der Waals surface area contributed by atoms with Gasteiger partial charge in [0.05, 0.1) is 17.6 Å². The molecule has 92 valence electrons. The van der Waals surface area contributed by atoms with Crippen molar-refractivity contribution in [2.45, 2.75) is 45.2 Å². The van der Waals surface area contributed by atoms with Gasteiger partial charge in [0.1, 0.15) is 0 Å². The lowest BCUT2D eigenvalue weighted by molar-refractivity contribution is 0.191. The molecule has 4 nitrogen and oxygen atoms in total. The number of hydrogen-bond acceptors (Lipinski definition) is 3. The minimum Gasteiger partial charge on any atom is -0.385 e. The van der Waals surface area contributed by atoms with Crippen LogP contribution in [-0.2, 0) is 16.8 Å². The summed E-state index contributed by atoms with van der Waals surface area (Å²) >= 11 is 0. The first-order valence-electron chi connectivity index (χ1n) is 5.84. The number of ether oxygens (including phenoxy) is 1. The van der Waals surface area contributed by atoms with Gasteiger partial charge in [-0.15, -0.1) is 0 Å². The maximum Gasteiger partial charge on any atom is 0.0948 e. The van der Waals surface area contributed by atoms with Gasteiger partial charge in [-0.2, -0.15) is 0 Å². The number of methoxy groups -OCH3 is 1. The van der Waals surface area contributed by atoms with Crippen molar-refractivity contribution in [3.05, 3.63) is 18.2 Å². The molecule has 0 saturated heterocycles. The minimum absolute atomic E-state index is 0.316. The zero-order valence-electron chi connectivity index (χ0n) is 10.6. The predicted molar refractivity (Wildman–Crippen MR) is 65.2 cm³/mol. The standard InChI is InChI=1S/C12H23N3O/c1-12(2,13)11-9-14-10-15(11)7-5-4-6-8-16-3/h9-10H,4-8,13H2,1-3H3. The quantitative estimate of drug-likeness (QED) is 0.721. The topological polar surface area (TPSA) is 53.1 Å². The molecule has 0 aliphatic carbocycles. The van der Waals surface area contributed by atoms with Crippen LogP contribution in [0.1, 0.15) is 38.8 Å². The molecule has 0 saturated carbocycles. The fourth-order valence-electron chi connectivity index (χ4n) is 1.74. The molecule has 0 amide bonds. The minimum atomic E-state index is -0.316. The van der Waals surface area contributed by atoms with Crippen molar-refractivity contribution >= 4 is 0 Å². The lowest BCUT2D eigenvalue weighted by atomic mass is 10.0. The molecule has 1 heterocycles. The Hall–Kier alpha value is -0.870. The van der Waals surface area contributed by atoms with Crippen molar-refractivity contribution < 1.29 is 4.74 Å². The van der Waals surface area contributed by atoms with Gasteiger partial charge in [-0.25, -0.2) is 4.98 Å². The highest BCUT2D eigenvalue weighted by molar-refractivity contribution is 5.09. The van der Waals surface area contributed by atoms with E-state index in [0.29, 0.717) is 0 Å². The highest BCUT2D eigenvalue weighted by Crippen LogP contribution is 2.16. The van der Waals surface area contributed by atoms with E-state index in [4.69, 9.17) is 10.5 Å². The molecule has 16 heavy (non-hydrogen) atoms. The van der Waals surface area contributed by atoms with Gasteiger partial charge in [0.15, 0.2) is 0 Å². The second-order valence-electron chi connectivity index (χ2n) is 4.75. The van der Waals surface area contributed by atoms with Gasteiger partial charge in [0, 0.05) is 26.5 Å². The van der Waals surface area contributed by atoms with Crippen LogP contribution < -0.4 is 5.73 Å². The second-order valence-corrected chi connectivity index (χ2v) is 4.75. The summed E-state index contributed by atoms with van der Waals surface area (Å²) < 4.78 is 7.16. The van der Waals surface area contributed by atoms with Crippen molar-refractivity contribution in [3.63, 3.8) is 0 Å². The molecule has 1 aromatic rings. The Bertz CT molecular complexity index is 301. The third-order valence-corrected chi connectivity index (χ3v) is 2.62. The average molecular weight is 225 g/mol. The fraction of sp³-hybridized carbons (Fsp3) is 0.750. The van der Waals surface area contributed by atoms with Crippen LogP contribution in [0, 0.1) is 0 Å². The summed E-state index contributed by atoms with van der Waals surface area (Å²) in [5, 5.41) is 0. The first-order chi connectivity index (χ1) is 7.55. The van der Waals surface area contributed by atoms with Crippen LogP contribution in [0.25, 0.3) is 0 Å². The first kappa shape index (κ1) is 13.2. The van der Waals surface area contributed by atoms with E-state index in [1.54, 1.807) is 7.11 Å².